The van der Waals surface area contributed by atoms with Crippen LogP contribution in [0.15, 0.2) is 0 Å². The molecule has 2 rings (SSSR count). The van der Waals surface area contributed by atoms with Gasteiger partial charge in [0.2, 0.25) is 0 Å². The standard InChI is InChI=1S/C10H20N2OS/c11-8-1-2-10(7-8)12-9-3-5-14(13)6-4-9/h8-10,12H,1-7,11H2. The molecular weight excluding hydrogens is 196 g/mol. The fraction of sp³-hybridized carbons (Fsp3) is 1.00. The molecule has 0 amide bonds. The molecule has 0 aromatic heterocycles. The topological polar surface area (TPSA) is 55.1 Å². The van der Waals surface area contributed by atoms with Gasteiger partial charge in [-0.1, -0.05) is 0 Å². The molecule has 14 heavy (non-hydrogen) atoms. The lowest BCUT2D eigenvalue weighted by Crippen LogP contribution is -2.41. The highest BCUT2D eigenvalue weighted by atomic mass is 32.2. The van der Waals surface area contributed by atoms with Crippen molar-refractivity contribution in [2.45, 2.75) is 50.2 Å². The van der Waals surface area contributed by atoms with Gasteiger partial charge in [-0.3, -0.25) is 4.21 Å². The number of nitrogens with one attached hydrogen (secondary N) is 1. The van der Waals surface area contributed by atoms with Gasteiger partial charge in [0.05, 0.1) is 0 Å². The Morgan fingerprint density at radius 2 is 1.79 bits per heavy atom. The SMILES string of the molecule is NC1CCC(NC2CCS(=O)CC2)C1. The van der Waals surface area contributed by atoms with Gasteiger partial charge in [0.15, 0.2) is 0 Å². The van der Waals surface area contributed by atoms with Crippen molar-refractivity contribution in [2.75, 3.05) is 11.5 Å². The Kier molecular flexibility index (Phi) is 3.57. The first kappa shape index (κ1) is 10.6. The van der Waals surface area contributed by atoms with Crippen LogP contribution in [0.3, 0.4) is 0 Å². The van der Waals surface area contributed by atoms with Gasteiger partial charge in [0.25, 0.3) is 0 Å². The molecule has 2 fully saturated rings. The van der Waals surface area contributed by atoms with Gasteiger partial charge in [-0.2, -0.15) is 0 Å². The predicted octanol–water partition coefficient (Wildman–Crippen LogP) is 0.367. The zero-order valence-electron chi connectivity index (χ0n) is 8.58. The second-order valence-electron chi connectivity index (χ2n) is 4.56. The molecule has 82 valence electrons. The molecule has 1 heterocycles. The minimum atomic E-state index is -0.536. The van der Waals surface area contributed by atoms with Gasteiger partial charge in [0.1, 0.15) is 0 Å². The molecule has 0 spiro atoms. The summed E-state index contributed by atoms with van der Waals surface area (Å²) in [4.78, 5) is 0. The molecule has 0 bridgehead atoms. The van der Waals surface area contributed by atoms with Crippen LogP contribution in [0.25, 0.3) is 0 Å². The van der Waals surface area contributed by atoms with Crippen LogP contribution in [0.2, 0.25) is 0 Å². The third-order valence-electron chi connectivity index (χ3n) is 3.33. The van der Waals surface area contributed by atoms with E-state index in [-0.39, 0.29) is 0 Å². The third kappa shape index (κ3) is 2.78. The molecule has 3 N–H and O–H groups in total. The van der Waals surface area contributed by atoms with E-state index in [2.05, 4.69) is 5.32 Å². The fourth-order valence-electron chi connectivity index (χ4n) is 2.46. The van der Waals surface area contributed by atoms with Crippen LogP contribution in [-0.2, 0) is 10.8 Å². The predicted molar refractivity (Wildman–Crippen MR) is 59.6 cm³/mol. The average molecular weight is 216 g/mol. The Bertz CT molecular complexity index is 212. The molecule has 3 nitrogen and oxygen atoms in total. The molecule has 1 saturated carbocycles. The summed E-state index contributed by atoms with van der Waals surface area (Å²) in [5, 5.41) is 3.65. The second-order valence-corrected chi connectivity index (χ2v) is 6.26. The molecular formula is C10H20N2OS. The molecule has 0 aromatic rings. The van der Waals surface area contributed by atoms with E-state index in [9.17, 15) is 4.21 Å². The Morgan fingerprint density at radius 1 is 1.07 bits per heavy atom. The monoisotopic (exact) mass is 216 g/mol. The quantitative estimate of drug-likeness (QED) is 0.701. The molecule has 2 atom stereocenters. The highest BCUT2D eigenvalue weighted by Crippen LogP contribution is 2.19. The summed E-state index contributed by atoms with van der Waals surface area (Å²) in [7, 11) is -0.536. The zero-order chi connectivity index (χ0) is 9.97. The first-order chi connectivity index (χ1) is 6.74. The van der Waals surface area contributed by atoms with Crippen LogP contribution >= 0.6 is 0 Å². The second kappa shape index (κ2) is 4.73. The van der Waals surface area contributed by atoms with E-state index in [1.165, 1.54) is 6.42 Å². The van der Waals surface area contributed by atoms with E-state index in [1.54, 1.807) is 0 Å². The lowest BCUT2D eigenvalue weighted by atomic mass is 10.1. The Balaban J connectivity index is 1.72. The van der Waals surface area contributed by atoms with Gasteiger partial charge in [0, 0.05) is 40.4 Å². The fourth-order valence-corrected chi connectivity index (χ4v) is 3.76. The normalized spacial score (nSPS) is 44.1. The lowest BCUT2D eigenvalue weighted by molar-refractivity contribution is 0.404. The van der Waals surface area contributed by atoms with Crippen LogP contribution in [0.1, 0.15) is 32.1 Å². The molecule has 1 aliphatic carbocycles. The zero-order valence-corrected chi connectivity index (χ0v) is 9.39. The molecule has 4 heteroatoms. The number of hydrogen-bond acceptors (Lipinski definition) is 3. The van der Waals surface area contributed by atoms with Crippen molar-refractivity contribution in [1.82, 2.24) is 5.32 Å². The van der Waals surface area contributed by atoms with Gasteiger partial charge < -0.3 is 11.1 Å². The van der Waals surface area contributed by atoms with Crippen molar-refractivity contribution in [3.05, 3.63) is 0 Å². The highest BCUT2D eigenvalue weighted by molar-refractivity contribution is 7.85. The van der Waals surface area contributed by atoms with Crippen LogP contribution in [-0.4, -0.2) is 33.8 Å². The van der Waals surface area contributed by atoms with Gasteiger partial charge >= 0.3 is 0 Å². The van der Waals surface area contributed by atoms with Crippen LogP contribution in [0.5, 0.6) is 0 Å². The summed E-state index contributed by atoms with van der Waals surface area (Å²) < 4.78 is 11.2. The molecule has 2 unspecified atom stereocenters. The summed E-state index contributed by atoms with van der Waals surface area (Å²) >= 11 is 0. The maximum atomic E-state index is 11.2. The first-order valence-electron chi connectivity index (χ1n) is 5.60. The Hall–Kier alpha value is 0.0700. The van der Waals surface area contributed by atoms with E-state index in [0.717, 1.165) is 37.2 Å². The molecule has 1 saturated heterocycles. The van der Waals surface area contributed by atoms with E-state index in [4.69, 9.17) is 5.73 Å². The van der Waals surface area contributed by atoms with Crippen molar-refractivity contribution in [3.63, 3.8) is 0 Å². The maximum absolute atomic E-state index is 11.2. The van der Waals surface area contributed by atoms with Crippen LogP contribution in [0, 0.1) is 0 Å². The van der Waals surface area contributed by atoms with Crippen molar-refractivity contribution in [3.8, 4) is 0 Å². The third-order valence-corrected chi connectivity index (χ3v) is 4.71. The van der Waals surface area contributed by atoms with Gasteiger partial charge in [-0.25, -0.2) is 0 Å². The summed E-state index contributed by atoms with van der Waals surface area (Å²) in [6, 6.07) is 1.63. The molecule has 0 radical (unpaired) electrons. The van der Waals surface area contributed by atoms with Crippen LogP contribution < -0.4 is 11.1 Å². The van der Waals surface area contributed by atoms with Crippen molar-refractivity contribution >= 4 is 10.8 Å². The van der Waals surface area contributed by atoms with Gasteiger partial charge in [-0.05, 0) is 32.1 Å². The number of nitrogens with two attached hydrogens (primary N) is 1. The van der Waals surface area contributed by atoms with E-state index >= 15 is 0 Å². The van der Waals surface area contributed by atoms with Crippen molar-refractivity contribution < 1.29 is 4.21 Å². The Morgan fingerprint density at radius 3 is 2.36 bits per heavy atom. The summed E-state index contributed by atoms with van der Waals surface area (Å²) in [5.41, 5.74) is 5.86. The van der Waals surface area contributed by atoms with E-state index < -0.39 is 10.8 Å². The van der Waals surface area contributed by atoms with Crippen molar-refractivity contribution in [1.29, 1.82) is 0 Å². The molecule has 0 aromatic carbocycles. The average Bonchev–Trinajstić information content (AvgIpc) is 2.56. The summed E-state index contributed by atoms with van der Waals surface area (Å²) in [6.07, 6.45) is 5.67. The summed E-state index contributed by atoms with van der Waals surface area (Å²) in [6.45, 7) is 0. The largest absolute Gasteiger partial charge is 0.328 e. The highest BCUT2D eigenvalue weighted by Gasteiger charge is 2.25. The maximum Gasteiger partial charge on any atom is 0.0249 e. The minimum absolute atomic E-state index is 0.408. The van der Waals surface area contributed by atoms with Crippen molar-refractivity contribution in [2.24, 2.45) is 5.73 Å². The van der Waals surface area contributed by atoms with Gasteiger partial charge in [-0.15, -0.1) is 0 Å². The number of rotatable bonds is 2. The Labute approximate surface area is 88.3 Å². The lowest BCUT2D eigenvalue weighted by Gasteiger charge is -2.26. The van der Waals surface area contributed by atoms with Crippen LogP contribution in [0.4, 0.5) is 0 Å². The molecule has 1 aliphatic heterocycles. The first-order valence-corrected chi connectivity index (χ1v) is 7.09. The smallest absolute Gasteiger partial charge is 0.0249 e. The minimum Gasteiger partial charge on any atom is -0.328 e. The molecule has 2 aliphatic rings. The van der Waals surface area contributed by atoms with E-state index in [1.807, 2.05) is 0 Å². The number of hydrogen-bond donors (Lipinski definition) is 2. The summed E-state index contributed by atoms with van der Waals surface area (Å²) in [5.74, 6) is 1.77. The van der Waals surface area contributed by atoms with E-state index in [0.29, 0.717) is 18.1 Å².